The number of ether oxygens (including phenoxy) is 1. The molecule has 5 nitrogen and oxygen atoms in total. The van der Waals surface area contributed by atoms with Crippen molar-refractivity contribution in [1.82, 2.24) is 10.2 Å². The highest BCUT2D eigenvalue weighted by atomic mass is 16.5. The van der Waals surface area contributed by atoms with Gasteiger partial charge in [0.15, 0.2) is 0 Å². The second kappa shape index (κ2) is 6.83. The molecular formula is C15H23N3O2. The van der Waals surface area contributed by atoms with Crippen LogP contribution in [0.15, 0.2) is 24.3 Å². The number of rotatable bonds is 6. The van der Waals surface area contributed by atoms with E-state index in [1.54, 1.807) is 7.11 Å². The van der Waals surface area contributed by atoms with E-state index >= 15 is 0 Å². The van der Waals surface area contributed by atoms with Crippen LogP contribution < -0.4 is 11.1 Å². The van der Waals surface area contributed by atoms with Crippen LogP contribution in [0.5, 0.6) is 0 Å². The van der Waals surface area contributed by atoms with Crippen molar-refractivity contribution in [2.45, 2.75) is 18.5 Å². The van der Waals surface area contributed by atoms with Gasteiger partial charge in [0.1, 0.15) is 0 Å². The Kier molecular flexibility index (Phi) is 5.11. The van der Waals surface area contributed by atoms with E-state index in [9.17, 15) is 4.79 Å². The highest BCUT2D eigenvalue weighted by Gasteiger charge is 2.31. The van der Waals surface area contributed by atoms with Gasteiger partial charge in [-0.25, -0.2) is 0 Å². The van der Waals surface area contributed by atoms with Crippen molar-refractivity contribution in [3.8, 4) is 0 Å². The largest absolute Gasteiger partial charge is 0.383 e. The van der Waals surface area contributed by atoms with Crippen molar-refractivity contribution in [2.24, 2.45) is 5.73 Å². The van der Waals surface area contributed by atoms with Crippen LogP contribution in [-0.2, 0) is 9.53 Å². The standard InChI is InChI=1S/C15H23N3O2/c1-18(10-15(19)17-7-8-20-2)14-9-13(16)11-5-3-4-6-12(11)14/h3-6,13-14H,7-10,16H2,1-2H3,(H,17,19). The highest BCUT2D eigenvalue weighted by Crippen LogP contribution is 2.39. The molecule has 0 spiro atoms. The summed E-state index contributed by atoms with van der Waals surface area (Å²) in [6.45, 7) is 1.45. The van der Waals surface area contributed by atoms with Gasteiger partial charge >= 0.3 is 0 Å². The number of benzene rings is 1. The first-order chi connectivity index (χ1) is 9.63. The van der Waals surface area contributed by atoms with E-state index < -0.39 is 0 Å². The minimum atomic E-state index is 0.0162. The van der Waals surface area contributed by atoms with E-state index in [1.165, 1.54) is 11.1 Å². The van der Waals surface area contributed by atoms with E-state index in [2.05, 4.69) is 22.3 Å². The van der Waals surface area contributed by atoms with Crippen LogP contribution in [0, 0.1) is 0 Å². The molecule has 3 N–H and O–H groups in total. The quantitative estimate of drug-likeness (QED) is 0.756. The van der Waals surface area contributed by atoms with Crippen molar-refractivity contribution in [3.05, 3.63) is 35.4 Å². The molecule has 1 aliphatic rings. The van der Waals surface area contributed by atoms with Crippen LogP contribution >= 0.6 is 0 Å². The maximum Gasteiger partial charge on any atom is 0.234 e. The fourth-order valence-corrected chi connectivity index (χ4v) is 2.75. The van der Waals surface area contributed by atoms with Gasteiger partial charge in [-0.3, -0.25) is 9.69 Å². The summed E-state index contributed by atoms with van der Waals surface area (Å²) < 4.78 is 4.91. The fourth-order valence-electron chi connectivity index (χ4n) is 2.75. The maximum atomic E-state index is 11.8. The molecular weight excluding hydrogens is 254 g/mol. The Morgan fingerprint density at radius 2 is 2.15 bits per heavy atom. The van der Waals surface area contributed by atoms with E-state index in [4.69, 9.17) is 10.5 Å². The summed E-state index contributed by atoms with van der Waals surface area (Å²) in [4.78, 5) is 13.9. The molecule has 20 heavy (non-hydrogen) atoms. The van der Waals surface area contributed by atoms with Gasteiger partial charge in [0.2, 0.25) is 5.91 Å². The molecule has 0 aliphatic heterocycles. The average Bonchev–Trinajstić information content (AvgIpc) is 2.77. The van der Waals surface area contributed by atoms with Crippen molar-refractivity contribution in [3.63, 3.8) is 0 Å². The molecule has 5 heteroatoms. The molecule has 1 amide bonds. The van der Waals surface area contributed by atoms with Crippen LogP contribution in [0.25, 0.3) is 0 Å². The number of hydrogen-bond donors (Lipinski definition) is 2. The summed E-state index contributed by atoms with van der Waals surface area (Å²) in [5.74, 6) is 0.0162. The average molecular weight is 277 g/mol. The van der Waals surface area contributed by atoms with Crippen LogP contribution in [0.2, 0.25) is 0 Å². The third-order valence-corrected chi connectivity index (χ3v) is 3.79. The predicted octanol–water partition coefficient (Wildman–Crippen LogP) is 0.826. The summed E-state index contributed by atoms with van der Waals surface area (Å²) in [6.07, 6.45) is 0.862. The summed E-state index contributed by atoms with van der Waals surface area (Å²) in [5, 5.41) is 2.84. The van der Waals surface area contributed by atoms with Crippen LogP contribution in [0.1, 0.15) is 29.6 Å². The number of likely N-dealkylation sites (N-methyl/N-ethyl adjacent to an activating group) is 1. The summed E-state index contributed by atoms with van der Waals surface area (Å²) in [7, 11) is 3.59. The lowest BCUT2D eigenvalue weighted by atomic mass is 10.1. The topological polar surface area (TPSA) is 67.6 Å². The van der Waals surface area contributed by atoms with Gasteiger partial charge in [-0.05, 0) is 24.6 Å². The molecule has 1 aromatic rings. The first-order valence-corrected chi connectivity index (χ1v) is 6.93. The van der Waals surface area contributed by atoms with Crippen LogP contribution in [0.3, 0.4) is 0 Å². The van der Waals surface area contributed by atoms with Gasteiger partial charge in [0, 0.05) is 25.7 Å². The Bertz CT molecular complexity index is 464. The number of amides is 1. The lowest BCUT2D eigenvalue weighted by Crippen LogP contribution is -2.38. The van der Waals surface area contributed by atoms with Crippen molar-refractivity contribution < 1.29 is 9.53 Å². The first kappa shape index (κ1) is 15.0. The normalized spacial score (nSPS) is 21.0. The molecule has 2 atom stereocenters. The number of hydrogen-bond acceptors (Lipinski definition) is 4. The molecule has 2 rings (SSSR count). The second-order valence-corrected chi connectivity index (χ2v) is 5.24. The van der Waals surface area contributed by atoms with E-state index in [1.807, 2.05) is 19.2 Å². The zero-order valence-corrected chi connectivity index (χ0v) is 12.1. The van der Waals surface area contributed by atoms with Gasteiger partial charge < -0.3 is 15.8 Å². The Balaban J connectivity index is 1.94. The molecule has 1 aromatic carbocycles. The Labute approximate surface area is 120 Å². The van der Waals surface area contributed by atoms with E-state index in [-0.39, 0.29) is 18.0 Å². The smallest absolute Gasteiger partial charge is 0.234 e. The summed E-state index contributed by atoms with van der Waals surface area (Å²) in [6, 6.07) is 8.50. The number of nitrogens with two attached hydrogens (primary N) is 1. The summed E-state index contributed by atoms with van der Waals surface area (Å²) in [5.41, 5.74) is 8.60. The van der Waals surface area contributed by atoms with Gasteiger partial charge in [-0.1, -0.05) is 24.3 Å². The minimum Gasteiger partial charge on any atom is -0.383 e. The number of fused-ring (bicyclic) bond motifs is 1. The van der Waals surface area contributed by atoms with E-state index in [0.717, 1.165) is 6.42 Å². The number of carbonyl (C=O) groups is 1. The van der Waals surface area contributed by atoms with Crippen molar-refractivity contribution in [2.75, 3.05) is 33.9 Å². The Hall–Kier alpha value is -1.43. The molecule has 1 aliphatic carbocycles. The monoisotopic (exact) mass is 277 g/mol. The maximum absolute atomic E-state index is 11.8. The zero-order chi connectivity index (χ0) is 14.5. The lowest BCUT2D eigenvalue weighted by Gasteiger charge is -2.24. The first-order valence-electron chi connectivity index (χ1n) is 6.93. The SMILES string of the molecule is COCCNC(=O)CN(C)C1CC(N)c2ccccc21. The number of nitrogens with one attached hydrogen (secondary N) is 1. The summed E-state index contributed by atoms with van der Waals surface area (Å²) >= 11 is 0. The van der Waals surface area contributed by atoms with Crippen LogP contribution in [0.4, 0.5) is 0 Å². The van der Waals surface area contributed by atoms with Gasteiger partial charge in [0.05, 0.1) is 13.2 Å². The zero-order valence-electron chi connectivity index (χ0n) is 12.1. The fraction of sp³-hybridized carbons (Fsp3) is 0.533. The molecule has 0 saturated heterocycles. The van der Waals surface area contributed by atoms with Gasteiger partial charge in [-0.2, -0.15) is 0 Å². The number of methoxy groups -OCH3 is 1. The molecule has 0 saturated carbocycles. The molecule has 0 radical (unpaired) electrons. The molecule has 110 valence electrons. The third kappa shape index (κ3) is 3.36. The Morgan fingerprint density at radius 3 is 2.85 bits per heavy atom. The predicted molar refractivity (Wildman–Crippen MR) is 78.2 cm³/mol. The van der Waals surface area contributed by atoms with Crippen molar-refractivity contribution >= 4 is 5.91 Å². The van der Waals surface area contributed by atoms with Crippen LogP contribution in [-0.4, -0.2) is 44.7 Å². The second-order valence-electron chi connectivity index (χ2n) is 5.24. The van der Waals surface area contributed by atoms with Gasteiger partial charge in [0.25, 0.3) is 0 Å². The molecule has 0 aromatic heterocycles. The lowest BCUT2D eigenvalue weighted by molar-refractivity contribution is -0.122. The number of carbonyl (C=O) groups excluding carboxylic acids is 1. The Morgan fingerprint density at radius 1 is 1.45 bits per heavy atom. The van der Waals surface area contributed by atoms with Crippen molar-refractivity contribution in [1.29, 1.82) is 0 Å². The minimum absolute atomic E-state index is 0.0162. The molecule has 2 unspecified atom stereocenters. The third-order valence-electron chi connectivity index (χ3n) is 3.79. The highest BCUT2D eigenvalue weighted by molar-refractivity contribution is 5.78. The molecule has 0 heterocycles. The number of nitrogens with zero attached hydrogens (tertiary/aromatic N) is 1. The van der Waals surface area contributed by atoms with Gasteiger partial charge in [-0.15, -0.1) is 0 Å². The van der Waals surface area contributed by atoms with E-state index in [0.29, 0.717) is 19.7 Å². The molecule has 0 fully saturated rings. The molecule has 0 bridgehead atoms.